The van der Waals surface area contributed by atoms with E-state index in [1.54, 1.807) is 29.2 Å². The molecule has 156 valence electrons. The van der Waals surface area contributed by atoms with Crippen molar-refractivity contribution >= 4 is 34.9 Å². The molecule has 2 aliphatic rings. The van der Waals surface area contributed by atoms with Crippen LogP contribution in [-0.2, 0) is 9.59 Å². The lowest BCUT2D eigenvalue weighted by atomic mass is 10.1. The molecule has 2 fully saturated rings. The molecule has 1 aromatic carbocycles. The first-order valence-electron chi connectivity index (χ1n) is 9.96. The molecule has 0 N–H and O–H groups in total. The van der Waals surface area contributed by atoms with Gasteiger partial charge >= 0.3 is 0 Å². The third kappa shape index (κ3) is 5.12. The fourth-order valence-electron chi connectivity index (χ4n) is 3.32. The highest BCUT2D eigenvalue weighted by molar-refractivity contribution is 8.18. The molecule has 0 bridgehead atoms. The number of likely N-dealkylation sites (tertiary alicyclic amines) is 1. The molecule has 0 saturated carbocycles. The number of imide groups is 1. The minimum atomic E-state index is -0.433. The standard InChI is InChI=1S/C21H26N2O5S/c1-3-27-16-9-8-15(12-17(16)28-4-2)13-18-20(25)23(21(26)29-18)14-19(24)22-10-6-5-7-11-22/h8-9,12-13H,3-7,10-11,14H2,1-2H3/b18-13-. The maximum Gasteiger partial charge on any atom is 0.294 e. The van der Waals surface area contributed by atoms with E-state index >= 15 is 0 Å². The largest absolute Gasteiger partial charge is 0.490 e. The second-order valence-corrected chi connectivity index (χ2v) is 7.77. The van der Waals surface area contributed by atoms with Gasteiger partial charge in [-0.15, -0.1) is 0 Å². The fraction of sp³-hybridized carbons (Fsp3) is 0.476. The first kappa shape index (κ1) is 21.2. The van der Waals surface area contributed by atoms with Crippen LogP contribution in [0.15, 0.2) is 23.1 Å². The van der Waals surface area contributed by atoms with E-state index in [-0.39, 0.29) is 12.5 Å². The van der Waals surface area contributed by atoms with Gasteiger partial charge in [-0.05, 0) is 68.6 Å². The van der Waals surface area contributed by atoms with Crippen LogP contribution in [0.3, 0.4) is 0 Å². The minimum absolute atomic E-state index is 0.173. The van der Waals surface area contributed by atoms with Gasteiger partial charge in [-0.1, -0.05) is 6.07 Å². The van der Waals surface area contributed by atoms with Crippen molar-refractivity contribution < 1.29 is 23.9 Å². The second-order valence-electron chi connectivity index (χ2n) is 6.78. The number of carbonyl (C=O) groups excluding carboxylic acids is 3. The van der Waals surface area contributed by atoms with E-state index in [1.165, 1.54) is 0 Å². The lowest BCUT2D eigenvalue weighted by Gasteiger charge is -2.27. The molecular formula is C21H26N2O5S. The van der Waals surface area contributed by atoms with Gasteiger partial charge in [0.1, 0.15) is 6.54 Å². The smallest absolute Gasteiger partial charge is 0.294 e. The Labute approximate surface area is 175 Å². The van der Waals surface area contributed by atoms with Crippen molar-refractivity contribution in [1.29, 1.82) is 0 Å². The van der Waals surface area contributed by atoms with Gasteiger partial charge in [0, 0.05) is 13.1 Å². The minimum Gasteiger partial charge on any atom is -0.490 e. The van der Waals surface area contributed by atoms with Crippen molar-refractivity contribution in [1.82, 2.24) is 9.80 Å². The molecule has 1 aromatic rings. The van der Waals surface area contributed by atoms with Crippen molar-refractivity contribution in [2.24, 2.45) is 0 Å². The zero-order chi connectivity index (χ0) is 20.8. The summed E-state index contributed by atoms with van der Waals surface area (Å²) in [6.07, 6.45) is 4.69. The van der Waals surface area contributed by atoms with E-state index in [4.69, 9.17) is 9.47 Å². The summed E-state index contributed by atoms with van der Waals surface area (Å²) in [7, 11) is 0. The number of nitrogens with zero attached hydrogens (tertiary/aromatic N) is 2. The third-order valence-electron chi connectivity index (χ3n) is 4.74. The number of ether oxygens (including phenoxy) is 2. The van der Waals surface area contributed by atoms with Crippen molar-refractivity contribution in [3.8, 4) is 11.5 Å². The SMILES string of the molecule is CCOc1ccc(/C=C2\SC(=O)N(CC(=O)N3CCCCC3)C2=O)cc1OCC. The normalized spacial score (nSPS) is 18.5. The topological polar surface area (TPSA) is 76.2 Å². The van der Waals surface area contributed by atoms with Crippen LogP contribution in [0.25, 0.3) is 6.08 Å². The van der Waals surface area contributed by atoms with Crippen LogP contribution in [0.1, 0.15) is 38.7 Å². The maximum atomic E-state index is 12.7. The summed E-state index contributed by atoms with van der Waals surface area (Å²) < 4.78 is 11.2. The van der Waals surface area contributed by atoms with Crippen molar-refractivity contribution in [3.63, 3.8) is 0 Å². The molecule has 2 heterocycles. The molecule has 8 heteroatoms. The Morgan fingerprint density at radius 1 is 1.07 bits per heavy atom. The van der Waals surface area contributed by atoms with Crippen LogP contribution in [0.4, 0.5) is 4.79 Å². The Kier molecular flexibility index (Phi) is 7.19. The highest BCUT2D eigenvalue weighted by atomic mass is 32.2. The van der Waals surface area contributed by atoms with Crippen molar-refractivity contribution in [2.75, 3.05) is 32.8 Å². The lowest BCUT2D eigenvalue weighted by molar-refractivity contribution is -0.136. The molecular weight excluding hydrogens is 392 g/mol. The van der Waals surface area contributed by atoms with Gasteiger partial charge in [-0.25, -0.2) is 0 Å². The fourth-order valence-corrected chi connectivity index (χ4v) is 4.16. The van der Waals surface area contributed by atoms with Gasteiger partial charge in [0.15, 0.2) is 11.5 Å². The van der Waals surface area contributed by atoms with E-state index < -0.39 is 11.1 Å². The number of amides is 3. The van der Waals surface area contributed by atoms with E-state index in [9.17, 15) is 14.4 Å². The number of hydrogen-bond donors (Lipinski definition) is 0. The zero-order valence-electron chi connectivity index (χ0n) is 16.8. The molecule has 0 radical (unpaired) electrons. The Morgan fingerprint density at radius 2 is 1.76 bits per heavy atom. The maximum absolute atomic E-state index is 12.7. The van der Waals surface area contributed by atoms with Gasteiger partial charge in [-0.2, -0.15) is 0 Å². The van der Waals surface area contributed by atoms with E-state index in [2.05, 4.69) is 0 Å². The molecule has 29 heavy (non-hydrogen) atoms. The highest BCUT2D eigenvalue weighted by Gasteiger charge is 2.37. The van der Waals surface area contributed by atoms with Crippen molar-refractivity contribution in [3.05, 3.63) is 28.7 Å². The lowest BCUT2D eigenvalue weighted by Crippen LogP contribution is -2.44. The Balaban J connectivity index is 1.73. The molecule has 0 aliphatic carbocycles. The number of hydrogen-bond acceptors (Lipinski definition) is 6. The molecule has 0 atom stereocenters. The molecule has 0 spiro atoms. The van der Waals surface area contributed by atoms with Crippen LogP contribution < -0.4 is 9.47 Å². The Hall–Kier alpha value is -2.48. The van der Waals surface area contributed by atoms with E-state index in [1.807, 2.05) is 13.8 Å². The zero-order valence-corrected chi connectivity index (χ0v) is 17.6. The van der Waals surface area contributed by atoms with Crippen LogP contribution in [-0.4, -0.2) is 59.7 Å². The number of thioether (sulfide) groups is 1. The van der Waals surface area contributed by atoms with Crippen LogP contribution >= 0.6 is 11.8 Å². The van der Waals surface area contributed by atoms with Gasteiger partial charge in [0.25, 0.3) is 11.1 Å². The number of carbonyl (C=O) groups is 3. The van der Waals surface area contributed by atoms with Gasteiger partial charge in [-0.3, -0.25) is 19.3 Å². The average Bonchev–Trinajstić information content (AvgIpc) is 2.98. The summed E-state index contributed by atoms with van der Waals surface area (Å²) in [5.74, 6) is 0.611. The quantitative estimate of drug-likeness (QED) is 0.631. The van der Waals surface area contributed by atoms with Crippen molar-refractivity contribution in [2.45, 2.75) is 33.1 Å². The van der Waals surface area contributed by atoms with E-state index in [0.29, 0.717) is 42.7 Å². The highest BCUT2D eigenvalue weighted by Crippen LogP contribution is 2.34. The predicted octanol–water partition coefficient (Wildman–Crippen LogP) is 3.53. The number of piperidine rings is 1. The first-order chi connectivity index (χ1) is 14.0. The number of rotatable bonds is 7. The van der Waals surface area contributed by atoms with Gasteiger partial charge < -0.3 is 14.4 Å². The predicted molar refractivity (Wildman–Crippen MR) is 112 cm³/mol. The monoisotopic (exact) mass is 418 g/mol. The molecule has 0 unspecified atom stereocenters. The first-order valence-corrected chi connectivity index (χ1v) is 10.8. The summed E-state index contributed by atoms with van der Waals surface area (Å²) in [5.41, 5.74) is 0.727. The third-order valence-corrected chi connectivity index (χ3v) is 5.65. The van der Waals surface area contributed by atoms with E-state index in [0.717, 1.165) is 41.5 Å². The summed E-state index contributed by atoms with van der Waals surface area (Å²) in [6, 6.07) is 5.37. The summed E-state index contributed by atoms with van der Waals surface area (Å²) in [4.78, 5) is 40.5. The summed E-state index contributed by atoms with van der Waals surface area (Å²) >= 11 is 0.855. The van der Waals surface area contributed by atoms with Gasteiger partial charge in [0.2, 0.25) is 5.91 Å². The van der Waals surface area contributed by atoms with Crippen LogP contribution in [0.2, 0.25) is 0 Å². The molecule has 2 saturated heterocycles. The van der Waals surface area contributed by atoms with Gasteiger partial charge in [0.05, 0.1) is 18.1 Å². The molecule has 2 aliphatic heterocycles. The van der Waals surface area contributed by atoms with Crippen LogP contribution in [0.5, 0.6) is 11.5 Å². The Morgan fingerprint density at radius 3 is 2.45 bits per heavy atom. The number of benzene rings is 1. The summed E-state index contributed by atoms with van der Waals surface area (Å²) in [6.45, 7) is 5.96. The molecule has 0 aromatic heterocycles. The Bertz CT molecular complexity index is 817. The molecule has 7 nitrogen and oxygen atoms in total. The summed E-state index contributed by atoms with van der Waals surface area (Å²) in [5, 5.41) is -0.414. The second kappa shape index (κ2) is 9.82. The van der Waals surface area contributed by atoms with Crippen LogP contribution in [0, 0.1) is 0 Å². The molecule has 3 amide bonds. The average molecular weight is 419 g/mol. The molecule has 3 rings (SSSR count).